The van der Waals surface area contributed by atoms with Crippen LogP contribution in [0.15, 0.2) is 12.1 Å². The first-order valence-electron chi connectivity index (χ1n) is 7.98. The van der Waals surface area contributed by atoms with Gasteiger partial charge in [0.25, 0.3) is 0 Å². The molecule has 0 bridgehead atoms. The molecule has 1 heterocycles. The largest absolute Gasteiger partial charge is 0.465 e. The fourth-order valence-corrected chi connectivity index (χ4v) is 3.34. The molecule has 2 atom stereocenters. The molecule has 1 aliphatic rings. The van der Waals surface area contributed by atoms with Gasteiger partial charge in [0.2, 0.25) is 0 Å². The van der Waals surface area contributed by atoms with E-state index in [-0.39, 0.29) is 25.1 Å². The number of Topliss-reactive ketones (excluding diaryl/α,β-unsaturated/α-hetero) is 1. The fourth-order valence-electron chi connectivity index (χ4n) is 2.70. The number of amides is 1. The maximum atomic E-state index is 14.2. The molecule has 2 rings (SSSR count). The van der Waals surface area contributed by atoms with Gasteiger partial charge in [-0.2, -0.15) is 0 Å². The summed E-state index contributed by atoms with van der Waals surface area (Å²) in [5, 5.41) is 0. The maximum absolute atomic E-state index is 14.2. The number of esters is 1. The second-order valence-corrected chi connectivity index (χ2v) is 6.89. The molecule has 1 amide bonds. The standard InChI is InChI=1S/C17H18BrF2NO6/c1-25-16(23)9-5-12(19)14(13(20)6-9)15(22)11(18)7-10-8-21(3-4-27-10)17(24)26-2/h5-6,10-11H,3-4,7-8H2,1-2H3. The van der Waals surface area contributed by atoms with Gasteiger partial charge in [0.15, 0.2) is 5.78 Å². The summed E-state index contributed by atoms with van der Waals surface area (Å²) < 4.78 is 43.0. The number of ketones is 1. The van der Waals surface area contributed by atoms with E-state index in [1.165, 1.54) is 12.0 Å². The van der Waals surface area contributed by atoms with E-state index < -0.39 is 46.0 Å². The second kappa shape index (κ2) is 9.23. The number of hydrogen-bond acceptors (Lipinski definition) is 6. The maximum Gasteiger partial charge on any atom is 0.409 e. The predicted molar refractivity (Wildman–Crippen MR) is 93.1 cm³/mol. The lowest BCUT2D eigenvalue weighted by Crippen LogP contribution is -2.46. The van der Waals surface area contributed by atoms with Crippen molar-refractivity contribution in [1.82, 2.24) is 4.90 Å². The number of methoxy groups -OCH3 is 2. The van der Waals surface area contributed by atoms with Gasteiger partial charge in [-0.05, 0) is 18.6 Å². The van der Waals surface area contributed by atoms with Gasteiger partial charge in [0, 0.05) is 6.54 Å². The molecule has 0 saturated carbocycles. The van der Waals surface area contributed by atoms with Crippen molar-refractivity contribution < 1.29 is 37.4 Å². The number of carbonyl (C=O) groups is 3. The Morgan fingerprint density at radius 3 is 2.44 bits per heavy atom. The molecule has 0 radical (unpaired) electrons. The molecule has 1 aliphatic heterocycles. The highest BCUT2D eigenvalue weighted by molar-refractivity contribution is 9.10. The quantitative estimate of drug-likeness (QED) is 0.390. The van der Waals surface area contributed by atoms with Gasteiger partial charge in [-0.1, -0.05) is 15.9 Å². The van der Waals surface area contributed by atoms with E-state index in [1.807, 2.05) is 0 Å². The van der Waals surface area contributed by atoms with Crippen molar-refractivity contribution in [3.63, 3.8) is 0 Å². The van der Waals surface area contributed by atoms with Crippen LogP contribution in [0.2, 0.25) is 0 Å². The highest BCUT2D eigenvalue weighted by Crippen LogP contribution is 2.24. The first-order chi connectivity index (χ1) is 12.8. The van der Waals surface area contributed by atoms with Crippen LogP contribution < -0.4 is 0 Å². The third-order valence-electron chi connectivity index (χ3n) is 4.04. The number of hydrogen-bond donors (Lipinski definition) is 0. The lowest BCUT2D eigenvalue weighted by molar-refractivity contribution is -0.0270. The van der Waals surface area contributed by atoms with E-state index in [0.29, 0.717) is 6.54 Å². The molecular weight excluding hydrogens is 432 g/mol. The van der Waals surface area contributed by atoms with Crippen molar-refractivity contribution in [3.05, 3.63) is 34.9 Å². The summed E-state index contributed by atoms with van der Waals surface area (Å²) in [7, 11) is 2.33. The average Bonchev–Trinajstić information content (AvgIpc) is 2.66. The van der Waals surface area contributed by atoms with Crippen molar-refractivity contribution in [2.75, 3.05) is 33.9 Å². The Bertz CT molecular complexity index is 721. The van der Waals surface area contributed by atoms with Crippen molar-refractivity contribution in [1.29, 1.82) is 0 Å². The molecule has 0 aromatic heterocycles. The van der Waals surface area contributed by atoms with E-state index in [9.17, 15) is 23.2 Å². The highest BCUT2D eigenvalue weighted by Gasteiger charge is 2.31. The molecule has 0 spiro atoms. The SMILES string of the molecule is COC(=O)c1cc(F)c(C(=O)C(Br)CC2CN(C(=O)OC)CCO2)c(F)c1. The van der Waals surface area contributed by atoms with Crippen LogP contribution in [0.1, 0.15) is 27.1 Å². The van der Waals surface area contributed by atoms with Crippen LogP contribution in [-0.4, -0.2) is 67.6 Å². The zero-order chi connectivity index (χ0) is 20.1. The molecule has 1 aromatic rings. The number of ether oxygens (including phenoxy) is 3. The minimum Gasteiger partial charge on any atom is -0.465 e. The van der Waals surface area contributed by atoms with Crippen molar-refractivity contribution in [2.45, 2.75) is 17.4 Å². The number of benzene rings is 1. The Morgan fingerprint density at radius 1 is 1.26 bits per heavy atom. The first kappa shape index (κ1) is 21.2. The van der Waals surface area contributed by atoms with Crippen LogP contribution in [-0.2, 0) is 14.2 Å². The molecule has 2 unspecified atom stereocenters. The number of nitrogens with zero attached hydrogens (tertiary/aromatic N) is 1. The van der Waals surface area contributed by atoms with Gasteiger partial charge < -0.3 is 19.1 Å². The average molecular weight is 450 g/mol. The topological polar surface area (TPSA) is 82.1 Å². The van der Waals surface area contributed by atoms with E-state index >= 15 is 0 Å². The summed E-state index contributed by atoms with van der Waals surface area (Å²) in [6, 6.07) is 1.50. The van der Waals surface area contributed by atoms with Gasteiger partial charge in [-0.15, -0.1) is 0 Å². The van der Waals surface area contributed by atoms with Crippen LogP contribution >= 0.6 is 15.9 Å². The Morgan fingerprint density at radius 2 is 1.89 bits per heavy atom. The molecule has 10 heteroatoms. The van der Waals surface area contributed by atoms with Crippen molar-refractivity contribution >= 4 is 33.8 Å². The second-order valence-electron chi connectivity index (χ2n) is 5.78. The van der Waals surface area contributed by atoms with Crippen LogP contribution in [0.3, 0.4) is 0 Å². The fraction of sp³-hybridized carbons (Fsp3) is 0.471. The highest BCUT2D eigenvalue weighted by atomic mass is 79.9. The van der Waals surface area contributed by atoms with E-state index in [2.05, 4.69) is 25.4 Å². The summed E-state index contributed by atoms with van der Waals surface area (Å²) in [6.07, 6.45) is -0.938. The van der Waals surface area contributed by atoms with E-state index in [0.717, 1.165) is 19.2 Å². The Labute approximate surface area is 162 Å². The summed E-state index contributed by atoms with van der Waals surface area (Å²) in [4.78, 5) is 35.9. The van der Waals surface area contributed by atoms with Crippen LogP contribution in [0.4, 0.5) is 13.6 Å². The van der Waals surface area contributed by atoms with Gasteiger partial charge in [-0.3, -0.25) is 4.79 Å². The molecule has 1 aromatic carbocycles. The van der Waals surface area contributed by atoms with Gasteiger partial charge >= 0.3 is 12.1 Å². The number of carbonyl (C=O) groups excluding carboxylic acids is 3. The summed E-state index contributed by atoms with van der Waals surface area (Å²) in [5.74, 6) is -4.07. The zero-order valence-electron chi connectivity index (χ0n) is 14.7. The monoisotopic (exact) mass is 449 g/mol. The predicted octanol–water partition coefficient (Wildman–Crippen LogP) is 2.55. The Balaban J connectivity index is 2.11. The van der Waals surface area contributed by atoms with Crippen LogP contribution in [0.5, 0.6) is 0 Å². The number of rotatable bonds is 5. The van der Waals surface area contributed by atoms with E-state index in [1.54, 1.807) is 0 Å². The molecule has 1 saturated heterocycles. The zero-order valence-corrected chi connectivity index (χ0v) is 16.3. The molecule has 7 nitrogen and oxygen atoms in total. The molecule has 0 aliphatic carbocycles. The number of morpholine rings is 1. The third kappa shape index (κ3) is 5.01. The Kier molecular flexibility index (Phi) is 7.25. The van der Waals surface area contributed by atoms with Gasteiger partial charge in [0.1, 0.15) is 11.6 Å². The third-order valence-corrected chi connectivity index (χ3v) is 4.83. The number of halogens is 3. The minimum atomic E-state index is -1.16. The molecule has 27 heavy (non-hydrogen) atoms. The normalized spacial score (nSPS) is 18.0. The van der Waals surface area contributed by atoms with Gasteiger partial charge in [0.05, 0.1) is 49.4 Å². The van der Waals surface area contributed by atoms with Crippen molar-refractivity contribution in [3.8, 4) is 0 Å². The van der Waals surface area contributed by atoms with Crippen molar-refractivity contribution in [2.24, 2.45) is 0 Å². The van der Waals surface area contributed by atoms with Crippen LogP contribution in [0.25, 0.3) is 0 Å². The number of alkyl halides is 1. The first-order valence-corrected chi connectivity index (χ1v) is 8.90. The lowest BCUT2D eigenvalue weighted by Gasteiger charge is -2.32. The lowest BCUT2D eigenvalue weighted by atomic mass is 10.0. The van der Waals surface area contributed by atoms with Gasteiger partial charge in [-0.25, -0.2) is 18.4 Å². The summed E-state index contributed by atoms with van der Waals surface area (Å²) in [6.45, 7) is 0.793. The smallest absolute Gasteiger partial charge is 0.409 e. The Hall–Kier alpha value is -2.07. The minimum absolute atomic E-state index is 0.0873. The molecule has 148 valence electrons. The summed E-state index contributed by atoms with van der Waals surface area (Å²) in [5.41, 5.74) is -1.09. The summed E-state index contributed by atoms with van der Waals surface area (Å²) >= 11 is 3.13. The molecule has 1 fully saturated rings. The van der Waals surface area contributed by atoms with Crippen LogP contribution in [0, 0.1) is 11.6 Å². The molecular formula is C17H18BrF2NO6. The molecule has 0 N–H and O–H groups in total. The van der Waals surface area contributed by atoms with E-state index in [4.69, 9.17) is 4.74 Å².